The van der Waals surface area contributed by atoms with Crippen LogP contribution in [0, 0.1) is 23.2 Å². The number of sulfonamides is 1. The van der Waals surface area contributed by atoms with Gasteiger partial charge in [-0.2, -0.15) is 19.0 Å². The molecular formula is C12H7F2N3O2S. The molecule has 0 atom stereocenters. The van der Waals surface area contributed by atoms with Crippen LogP contribution in [-0.2, 0) is 10.0 Å². The van der Waals surface area contributed by atoms with Gasteiger partial charge in [-0.25, -0.2) is 8.42 Å². The molecule has 20 heavy (non-hydrogen) atoms. The fourth-order valence-electron chi connectivity index (χ4n) is 1.42. The highest BCUT2D eigenvalue weighted by Crippen LogP contribution is 2.18. The zero-order valence-electron chi connectivity index (χ0n) is 9.84. The van der Waals surface area contributed by atoms with Crippen LogP contribution in [0.15, 0.2) is 41.3 Å². The predicted molar refractivity (Wildman–Crippen MR) is 66.1 cm³/mol. The van der Waals surface area contributed by atoms with Gasteiger partial charge in [0.15, 0.2) is 0 Å². The van der Waals surface area contributed by atoms with Gasteiger partial charge in [0.25, 0.3) is 10.0 Å². The first kappa shape index (κ1) is 13.9. The van der Waals surface area contributed by atoms with E-state index in [1.165, 1.54) is 18.2 Å². The number of hydrogen-bond acceptors (Lipinski definition) is 4. The fraction of sp³-hybridized carbons (Fsp3) is 0. The number of nitriles is 1. The van der Waals surface area contributed by atoms with Crippen LogP contribution >= 0.6 is 0 Å². The van der Waals surface area contributed by atoms with E-state index in [1.807, 2.05) is 4.72 Å². The van der Waals surface area contributed by atoms with Crippen molar-refractivity contribution in [3.63, 3.8) is 0 Å². The Labute approximate surface area is 113 Å². The Morgan fingerprint density at radius 1 is 1.20 bits per heavy atom. The lowest BCUT2D eigenvalue weighted by Gasteiger charge is -2.08. The molecule has 0 saturated heterocycles. The Morgan fingerprint density at radius 2 is 1.95 bits per heavy atom. The SMILES string of the molecule is N#Cc1cccc(S(=O)(=O)Nc2ccc(F)nc2F)c1. The summed E-state index contributed by atoms with van der Waals surface area (Å²) in [6, 6.07) is 8.74. The van der Waals surface area contributed by atoms with E-state index in [4.69, 9.17) is 5.26 Å². The van der Waals surface area contributed by atoms with Gasteiger partial charge in [-0.3, -0.25) is 4.72 Å². The lowest BCUT2D eigenvalue weighted by Crippen LogP contribution is -2.14. The highest BCUT2D eigenvalue weighted by atomic mass is 32.2. The summed E-state index contributed by atoms with van der Waals surface area (Å²) in [4.78, 5) is 2.66. The van der Waals surface area contributed by atoms with Crippen molar-refractivity contribution < 1.29 is 17.2 Å². The second kappa shape index (κ2) is 5.22. The molecule has 2 rings (SSSR count). The van der Waals surface area contributed by atoms with Crippen LogP contribution in [0.2, 0.25) is 0 Å². The molecule has 0 fully saturated rings. The van der Waals surface area contributed by atoms with Crippen LogP contribution in [0.4, 0.5) is 14.5 Å². The number of nitrogens with one attached hydrogen (secondary N) is 1. The van der Waals surface area contributed by atoms with Crippen molar-refractivity contribution in [2.24, 2.45) is 0 Å². The van der Waals surface area contributed by atoms with E-state index >= 15 is 0 Å². The molecule has 0 bridgehead atoms. The second-order valence-electron chi connectivity index (χ2n) is 3.72. The molecule has 1 N–H and O–H groups in total. The summed E-state index contributed by atoms with van der Waals surface area (Å²) in [7, 11) is -4.08. The lowest BCUT2D eigenvalue weighted by molar-refractivity contribution is 0.515. The highest BCUT2D eigenvalue weighted by molar-refractivity contribution is 7.92. The number of aromatic nitrogens is 1. The number of anilines is 1. The van der Waals surface area contributed by atoms with E-state index in [2.05, 4.69) is 4.98 Å². The van der Waals surface area contributed by atoms with Crippen LogP contribution in [-0.4, -0.2) is 13.4 Å². The topological polar surface area (TPSA) is 82.8 Å². The highest BCUT2D eigenvalue weighted by Gasteiger charge is 2.17. The molecule has 5 nitrogen and oxygen atoms in total. The second-order valence-corrected chi connectivity index (χ2v) is 5.40. The van der Waals surface area contributed by atoms with E-state index in [0.717, 1.165) is 18.2 Å². The summed E-state index contributed by atoms with van der Waals surface area (Å²) in [5, 5.41) is 8.72. The summed E-state index contributed by atoms with van der Waals surface area (Å²) in [5.74, 6) is -2.33. The molecule has 0 aliphatic carbocycles. The largest absolute Gasteiger partial charge is 0.275 e. The van der Waals surface area contributed by atoms with Gasteiger partial charge in [0.2, 0.25) is 11.9 Å². The van der Waals surface area contributed by atoms with E-state index in [9.17, 15) is 17.2 Å². The number of benzene rings is 1. The third-order valence-electron chi connectivity index (χ3n) is 2.33. The van der Waals surface area contributed by atoms with Crippen molar-refractivity contribution in [2.75, 3.05) is 4.72 Å². The molecule has 1 aromatic carbocycles. The zero-order chi connectivity index (χ0) is 14.8. The zero-order valence-corrected chi connectivity index (χ0v) is 10.7. The van der Waals surface area contributed by atoms with E-state index in [1.54, 1.807) is 6.07 Å². The van der Waals surface area contributed by atoms with Gasteiger partial charge in [-0.05, 0) is 30.3 Å². The smallest absolute Gasteiger partial charge is 0.262 e. The molecule has 0 aliphatic rings. The maximum absolute atomic E-state index is 13.3. The maximum Gasteiger partial charge on any atom is 0.262 e. The third kappa shape index (κ3) is 2.89. The van der Waals surface area contributed by atoms with Crippen LogP contribution in [0.1, 0.15) is 5.56 Å². The van der Waals surface area contributed by atoms with Crippen LogP contribution in [0.25, 0.3) is 0 Å². The number of rotatable bonds is 3. The molecule has 0 amide bonds. The average Bonchev–Trinajstić information content (AvgIpc) is 2.42. The minimum atomic E-state index is -4.08. The first-order chi connectivity index (χ1) is 9.42. The summed E-state index contributed by atoms with van der Waals surface area (Å²) in [5.41, 5.74) is -0.334. The van der Waals surface area contributed by atoms with Gasteiger partial charge in [0, 0.05) is 0 Å². The molecule has 102 valence electrons. The summed E-state index contributed by atoms with van der Waals surface area (Å²) in [6.07, 6.45) is 0. The van der Waals surface area contributed by atoms with Crippen molar-refractivity contribution in [2.45, 2.75) is 4.90 Å². The first-order valence-electron chi connectivity index (χ1n) is 5.27. The Hall–Kier alpha value is -2.53. The Bertz CT molecular complexity index is 801. The fourth-order valence-corrected chi connectivity index (χ4v) is 2.52. The Balaban J connectivity index is 2.38. The molecule has 0 radical (unpaired) electrons. The van der Waals surface area contributed by atoms with E-state index in [-0.39, 0.29) is 10.5 Å². The normalized spacial score (nSPS) is 10.8. The van der Waals surface area contributed by atoms with Crippen molar-refractivity contribution in [1.29, 1.82) is 5.26 Å². The molecule has 2 aromatic rings. The number of halogens is 2. The molecule has 8 heteroatoms. The average molecular weight is 295 g/mol. The van der Waals surface area contributed by atoms with Gasteiger partial charge >= 0.3 is 0 Å². The van der Waals surface area contributed by atoms with Gasteiger partial charge in [-0.15, -0.1) is 0 Å². The number of pyridine rings is 1. The van der Waals surface area contributed by atoms with E-state index in [0.29, 0.717) is 0 Å². The standard InChI is InChI=1S/C12H7F2N3O2S/c13-11-5-4-10(12(14)16-11)17-20(18,19)9-3-1-2-8(6-9)7-15/h1-6,17H. The van der Waals surface area contributed by atoms with Gasteiger partial charge < -0.3 is 0 Å². The Morgan fingerprint density at radius 3 is 2.60 bits per heavy atom. The minimum Gasteiger partial charge on any atom is -0.275 e. The Kier molecular flexibility index (Phi) is 3.63. The summed E-state index contributed by atoms with van der Waals surface area (Å²) in [6.45, 7) is 0. The maximum atomic E-state index is 13.3. The third-order valence-corrected chi connectivity index (χ3v) is 3.70. The molecular weight excluding hydrogens is 288 g/mol. The summed E-state index contributed by atoms with van der Waals surface area (Å²) < 4.78 is 51.9. The van der Waals surface area contributed by atoms with Crippen molar-refractivity contribution in [3.05, 3.63) is 53.9 Å². The molecule has 0 aliphatic heterocycles. The molecule has 1 heterocycles. The van der Waals surface area contributed by atoms with Crippen LogP contribution in [0.3, 0.4) is 0 Å². The van der Waals surface area contributed by atoms with Crippen molar-refractivity contribution >= 4 is 15.7 Å². The summed E-state index contributed by atoms with van der Waals surface area (Å²) >= 11 is 0. The molecule has 0 saturated carbocycles. The van der Waals surface area contributed by atoms with Crippen molar-refractivity contribution in [1.82, 2.24) is 4.98 Å². The number of hydrogen-bond donors (Lipinski definition) is 1. The van der Waals surface area contributed by atoms with E-state index < -0.39 is 27.6 Å². The van der Waals surface area contributed by atoms with Crippen molar-refractivity contribution in [3.8, 4) is 6.07 Å². The minimum absolute atomic E-state index is 0.144. The molecule has 1 aromatic heterocycles. The van der Waals surface area contributed by atoms with Gasteiger partial charge in [0.05, 0.1) is 16.5 Å². The first-order valence-corrected chi connectivity index (χ1v) is 6.76. The quantitative estimate of drug-likeness (QED) is 0.878. The van der Waals surface area contributed by atoms with Gasteiger partial charge in [0.1, 0.15) is 5.69 Å². The van der Waals surface area contributed by atoms with Crippen LogP contribution in [0.5, 0.6) is 0 Å². The predicted octanol–water partition coefficient (Wildman–Crippen LogP) is 2.03. The molecule has 0 spiro atoms. The van der Waals surface area contributed by atoms with Gasteiger partial charge in [-0.1, -0.05) is 6.07 Å². The molecule has 0 unspecified atom stereocenters. The van der Waals surface area contributed by atoms with Crippen LogP contribution < -0.4 is 4.72 Å². The monoisotopic (exact) mass is 295 g/mol. The number of nitrogens with zero attached hydrogens (tertiary/aromatic N) is 2. The lowest BCUT2D eigenvalue weighted by atomic mass is 10.2.